The Morgan fingerprint density at radius 1 is 1.24 bits per heavy atom. The number of benzene rings is 1. The molecule has 0 saturated carbocycles. The molecule has 3 rings (SSSR count). The van der Waals surface area contributed by atoms with E-state index in [-0.39, 0.29) is 35.8 Å². The minimum atomic E-state index is -0.192. The standard InChI is InChI=1S/C21H29FN4OS.HI/c1-23-21(24-13-16-7-8-18(22)12-17(16)15-28-2)25-14-19(20-6-5-11-27-20)26-9-3-4-10-26;/h5-8,11-12,19H,3-4,9-10,13-15H2,1-2H3,(H2,23,24,25);1H. The minimum absolute atomic E-state index is 0. The van der Waals surface area contributed by atoms with Gasteiger partial charge in [-0.3, -0.25) is 9.89 Å². The molecule has 5 nitrogen and oxygen atoms in total. The van der Waals surface area contributed by atoms with E-state index in [1.807, 2.05) is 24.5 Å². The predicted molar refractivity (Wildman–Crippen MR) is 129 cm³/mol. The zero-order valence-corrected chi connectivity index (χ0v) is 20.1. The highest BCUT2D eigenvalue weighted by Gasteiger charge is 2.25. The maximum absolute atomic E-state index is 13.5. The zero-order chi connectivity index (χ0) is 19.8. The van der Waals surface area contributed by atoms with Crippen LogP contribution in [0, 0.1) is 5.82 Å². The first-order chi connectivity index (χ1) is 13.7. The molecule has 1 aromatic carbocycles. The van der Waals surface area contributed by atoms with Gasteiger partial charge in [0.05, 0.1) is 12.3 Å². The minimum Gasteiger partial charge on any atom is -0.468 e. The molecule has 0 amide bonds. The van der Waals surface area contributed by atoms with Crippen molar-refractivity contribution in [3.63, 3.8) is 0 Å². The van der Waals surface area contributed by atoms with Gasteiger partial charge >= 0.3 is 0 Å². The van der Waals surface area contributed by atoms with Crippen molar-refractivity contribution in [3.8, 4) is 0 Å². The molecule has 1 unspecified atom stereocenters. The van der Waals surface area contributed by atoms with Crippen LogP contribution in [0.5, 0.6) is 0 Å². The number of furan rings is 1. The van der Waals surface area contributed by atoms with Crippen molar-refractivity contribution in [2.45, 2.75) is 31.2 Å². The van der Waals surface area contributed by atoms with Crippen molar-refractivity contribution >= 4 is 41.7 Å². The highest BCUT2D eigenvalue weighted by molar-refractivity contribution is 14.0. The van der Waals surface area contributed by atoms with Crippen LogP contribution in [-0.4, -0.2) is 43.8 Å². The number of nitrogens with zero attached hydrogens (tertiary/aromatic N) is 2. The Kier molecular flexibility index (Phi) is 10.3. The van der Waals surface area contributed by atoms with Crippen LogP contribution in [-0.2, 0) is 12.3 Å². The van der Waals surface area contributed by atoms with Crippen LogP contribution in [0.3, 0.4) is 0 Å². The molecule has 1 fully saturated rings. The molecule has 2 aromatic rings. The Hall–Kier alpha value is -1.26. The third-order valence-electron chi connectivity index (χ3n) is 5.05. The summed E-state index contributed by atoms with van der Waals surface area (Å²) < 4.78 is 19.2. The monoisotopic (exact) mass is 532 g/mol. The fourth-order valence-electron chi connectivity index (χ4n) is 3.59. The molecule has 1 atom stereocenters. The Morgan fingerprint density at radius 3 is 2.69 bits per heavy atom. The van der Waals surface area contributed by atoms with Gasteiger partial charge in [-0.15, -0.1) is 24.0 Å². The summed E-state index contributed by atoms with van der Waals surface area (Å²) in [6, 6.07) is 9.13. The lowest BCUT2D eigenvalue weighted by Crippen LogP contribution is -2.42. The molecule has 0 aliphatic carbocycles. The van der Waals surface area contributed by atoms with E-state index in [2.05, 4.69) is 20.5 Å². The van der Waals surface area contributed by atoms with Gasteiger partial charge in [-0.2, -0.15) is 11.8 Å². The number of thioether (sulfide) groups is 1. The zero-order valence-electron chi connectivity index (χ0n) is 17.0. The molecule has 2 heterocycles. The number of aliphatic imine (C=N–C) groups is 1. The maximum Gasteiger partial charge on any atom is 0.191 e. The summed E-state index contributed by atoms with van der Waals surface area (Å²) in [6.07, 6.45) is 6.21. The SMILES string of the molecule is CN=C(NCc1ccc(F)cc1CSC)NCC(c1ccco1)N1CCCC1.I. The first-order valence-electron chi connectivity index (χ1n) is 9.69. The highest BCUT2D eigenvalue weighted by Crippen LogP contribution is 2.24. The van der Waals surface area contributed by atoms with E-state index in [4.69, 9.17) is 4.42 Å². The van der Waals surface area contributed by atoms with Crippen molar-refractivity contribution in [2.75, 3.05) is 32.9 Å². The van der Waals surface area contributed by atoms with Crippen LogP contribution in [0.1, 0.15) is 35.8 Å². The van der Waals surface area contributed by atoms with Gasteiger partial charge in [0.25, 0.3) is 0 Å². The van der Waals surface area contributed by atoms with Crippen molar-refractivity contribution in [1.29, 1.82) is 0 Å². The molecular formula is C21H30FIN4OS. The summed E-state index contributed by atoms with van der Waals surface area (Å²) in [7, 11) is 1.76. The van der Waals surface area contributed by atoms with E-state index in [9.17, 15) is 4.39 Å². The second-order valence-electron chi connectivity index (χ2n) is 6.93. The second kappa shape index (κ2) is 12.4. The molecule has 8 heteroatoms. The highest BCUT2D eigenvalue weighted by atomic mass is 127. The van der Waals surface area contributed by atoms with Crippen LogP contribution in [0.4, 0.5) is 4.39 Å². The first-order valence-corrected chi connectivity index (χ1v) is 11.1. The smallest absolute Gasteiger partial charge is 0.191 e. The Morgan fingerprint density at radius 2 is 2.03 bits per heavy atom. The number of likely N-dealkylation sites (tertiary alicyclic amines) is 1. The first kappa shape index (κ1) is 24.0. The maximum atomic E-state index is 13.5. The van der Waals surface area contributed by atoms with Gasteiger partial charge in [-0.05, 0) is 67.6 Å². The molecule has 160 valence electrons. The van der Waals surface area contributed by atoms with Gasteiger partial charge in [0.2, 0.25) is 0 Å². The number of hydrogen-bond acceptors (Lipinski definition) is 4. The van der Waals surface area contributed by atoms with Gasteiger partial charge < -0.3 is 15.1 Å². The lowest BCUT2D eigenvalue weighted by molar-refractivity contribution is 0.215. The van der Waals surface area contributed by atoms with E-state index in [1.54, 1.807) is 31.1 Å². The Bertz CT molecular complexity index is 766. The molecule has 1 saturated heterocycles. The van der Waals surface area contributed by atoms with E-state index in [1.165, 1.54) is 18.9 Å². The van der Waals surface area contributed by atoms with E-state index in [0.29, 0.717) is 13.1 Å². The number of guanidine groups is 1. The molecule has 0 bridgehead atoms. The summed E-state index contributed by atoms with van der Waals surface area (Å²) in [5, 5.41) is 6.78. The van der Waals surface area contributed by atoms with Crippen molar-refractivity contribution in [1.82, 2.24) is 15.5 Å². The number of nitrogens with one attached hydrogen (secondary N) is 2. The van der Waals surface area contributed by atoms with Gasteiger partial charge in [0, 0.05) is 25.9 Å². The number of halogens is 2. The molecular weight excluding hydrogens is 502 g/mol. The third kappa shape index (κ3) is 6.89. The summed E-state index contributed by atoms with van der Waals surface area (Å²) in [6.45, 7) is 3.50. The molecule has 29 heavy (non-hydrogen) atoms. The summed E-state index contributed by atoms with van der Waals surface area (Å²) >= 11 is 1.69. The van der Waals surface area contributed by atoms with Gasteiger partial charge in [-0.25, -0.2) is 4.39 Å². The van der Waals surface area contributed by atoms with Crippen LogP contribution in [0.2, 0.25) is 0 Å². The van der Waals surface area contributed by atoms with Gasteiger partial charge in [-0.1, -0.05) is 6.07 Å². The lowest BCUT2D eigenvalue weighted by atomic mass is 10.1. The van der Waals surface area contributed by atoms with Crippen molar-refractivity contribution in [2.24, 2.45) is 4.99 Å². The lowest BCUT2D eigenvalue weighted by Gasteiger charge is -2.26. The van der Waals surface area contributed by atoms with Crippen LogP contribution < -0.4 is 10.6 Å². The number of rotatable bonds is 8. The van der Waals surface area contributed by atoms with E-state index >= 15 is 0 Å². The fourth-order valence-corrected chi connectivity index (χ4v) is 4.17. The average Bonchev–Trinajstić information content (AvgIpc) is 3.40. The quantitative estimate of drug-likeness (QED) is 0.300. The van der Waals surface area contributed by atoms with Crippen molar-refractivity contribution in [3.05, 3.63) is 59.3 Å². The average molecular weight is 532 g/mol. The van der Waals surface area contributed by atoms with Crippen molar-refractivity contribution < 1.29 is 8.81 Å². The van der Waals surface area contributed by atoms with Crippen LogP contribution in [0.25, 0.3) is 0 Å². The molecule has 1 aliphatic rings. The normalized spacial score (nSPS) is 15.8. The molecule has 1 aromatic heterocycles. The van der Waals surface area contributed by atoms with Gasteiger partial charge in [0.1, 0.15) is 11.6 Å². The van der Waals surface area contributed by atoms with Crippen LogP contribution >= 0.6 is 35.7 Å². The molecule has 0 radical (unpaired) electrons. The summed E-state index contributed by atoms with van der Waals surface area (Å²) in [5.74, 6) is 2.30. The van der Waals surface area contributed by atoms with Crippen LogP contribution in [0.15, 0.2) is 46.0 Å². The largest absolute Gasteiger partial charge is 0.468 e. The Labute approximate surface area is 193 Å². The topological polar surface area (TPSA) is 52.8 Å². The Balaban J connectivity index is 0.00000300. The molecule has 2 N–H and O–H groups in total. The molecule has 1 aliphatic heterocycles. The summed E-state index contributed by atoms with van der Waals surface area (Å²) in [5.41, 5.74) is 2.10. The summed E-state index contributed by atoms with van der Waals surface area (Å²) in [4.78, 5) is 6.80. The van der Waals surface area contributed by atoms with E-state index < -0.39 is 0 Å². The second-order valence-corrected chi connectivity index (χ2v) is 7.79. The van der Waals surface area contributed by atoms with E-state index in [0.717, 1.165) is 41.7 Å². The van der Waals surface area contributed by atoms with Gasteiger partial charge in [0.15, 0.2) is 5.96 Å². The third-order valence-corrected chi connectivity index (χ3v) is 5.65. The fraction of sp³-hybridized carbons (Fsp3) is 0.476. The predicted octanol–water partition coefficient (Wildman–Crippen LogP) is 4.40. The molecule has 0 spiro atoms. The number of hydrogen-bond donors (Lipinski definition) is 2.